The van der Waals surface area contributed by atoms with E-state index in [1.807, 2.05) is 0 Å². The maximum Gasteiger partial charge on any atom is 0.471 e. The molecule has 0 aliphatic rings. The van der Waals surface area contributed by atoms with Crippen molar-refractivity contribution >= 4 is 0 Å². The van der Waals surface area contributed by atoms with Gasteiger partial charge in [0.1, 0.15) is 12.3 Å². The normalized spacial score (nSPS) is 11.8. The zero-order valence-corrected chi connectivity index (χ0v) is 11.7. The molecule has 0 saturated carbocycles. The highest BCUT2D eigenvalue weighted by Crippen LogP contribution is 2.29. The fourth-order valence-corrected chi connectivity index (χ4v) is 1.85. The maximum absolute atomic E-state index is 12.4. The van der Waals surface area contributed by atoms with Gasteiger partial charge in [0, 0.05) is 17.8 Å². The van der Waals surface area contributed by atoms with Crippen molar-refractivity contribution in [1.29, 1.82) is 0 Å². The van der Waals surface area contributed by atoms with Crippen molar-refractivity contribution in [3.05, 3.63) is 52.4 Å². The quantitative estimate of drug-likeness (QED) is 0.734. The number of hydrogen-bond acceptors (Lipinski definition) is 6. The van der Waals surface area contributed by atoms with Gasteiger partial charge in [0.25, 0.3) is 5.56 Å². The summed E-state index contributed by atoms with van der Waals surface area (Å²) in [5, 5.41) is 3.23. The van der Waals surface area contributed by atoms with Crippen molar-refractivity contribution in [2.75, 3.05) is 0 Å². The van der Waals surface area contributed by atoms with Crippen LogP contribution in [0.25, 0.3) is 11.4 Å². The fourth-order valence-electron chi connectivity index (χ4n) is 1.85. The number of rotatable bonds is 3. The molecular formula is C13H9F3N4O3. The molecule has 0 atom stereocenters. The lowest BCUT2D eigenvalue weighted by atomic mass is 10.2. The minimum Gasteiger partial charge on any atom is -0.444 e. The lowest BCUT2D eigenvalue weighted by molar-refractivity contribution is -0.159. The number of oxazole rings is 1. The van der Waals surface area contributed by atoms with Gasteiger partial charge in [0.05, 0.1) is 6.20 Å². The first-order chi connectivity index (χ1) is 10.8. The van der Waals surface area contributed by atoms with Gasteiger partial charge in [-0.25, -0.2) is 4.98 Å². The molecule has 0 aliphatic heterocycles. The molecule has 0 spiro atoms. The van der Waals surface area contributed by atoms with Crippen LogP contribution in [0.4, 0.5) is 13.2 Å². The molecule has 120 valence electrons. The second-order valence-corrected chi connectivity index (χ2v) is 4.67. The SMILES string of the molecule is Cc1cnc(Cn2ccc(-c3noc(C(F)(F)F)n3)cc2=O)o1. The van der Waals surface area contributed by atoms with Crippen molar-refractivity contribution in [1.82, 2.24) is 19.7 Å². The molecule has 0 radical (unpaired) electrons. The Balaban J connectivity index is 1.87. The topological polar surface area (TPSA) is 87.0 Å². The van der Waals surface area contributed by atoms with Crippen LogP contribution in [0.2, 0.25) is 0 Å². The van der Waals surface area contributed by atoms with Crippen LogP contribution >= 0.6 is 0 Å². The van der Waals surface area contributed by atoms with E-state index in [0.29, 0.717) is 11.7 Å². The summed E-state index contributed by atoms with van der Waals surface area (Å²) in [7, 11) is 0. The van der Waals surface area contributed by atoms with E-state index >= 15 is 0 Å². The van der Waals surface area contributed by atoms with E-state index in [-0.39, 0.29) is 17.9 Å². The second-order valence-electron chi connectivity index (χ2n) is 4.67. The first-order valence-corrected chi connectivity index (χ1v) is 6.36. The molecule has 3 aromatic heterocycles. The van der Waals surface area contributed by atoms with Crippen LogP contribution in [0.15, 0.2) is 38.3 Å². The van der Waals surface area contributed by atoms with Crippen molar-refractivity contribution in [3.63, 3.8) is 0 Å². The summed E-state index contributed by atoms with van der Waals surface area (Å²) in [6.45, 7) is 1.82. The zero-order valence-electron chi connectivity index (χ0n) is 11.7. The minimum absolute atomic E-state index is 0.104. The smallest absolute Gasteiger partial charge is 0.444 e. The van der Waals surface area contributed by atoms with Crippen LogP contribution in [-0.4, -0.2) is 19.7 Å². The van der Waals surface area contributed by atoms with E-state index in [0.717, 1.165) is 6.07 Å². The summed E-state index contributed by atoms with van der Waals surface area (Å²) in [5.74, 6) is -0.826. The molecule has 0 bridgehead atoms. The zero-order chi connectivity index (χ0) is 16.6. The Morgan fingerprint density at radius 1 is 1.35 bits per heavy atom. The molecular weight excluding hydrogens is 317 g/mol. The largest absolute Gasteiger partial charge is 0.471 e. The highest BCUT2D eigenvalue weighted by atomic mass is 19.4. The van der Waals surface area contributed by atoms with Gasteiger partial charge in [-0.2, -0.15) is 18.2 Å². The minimum atomic E-state index is -4.73. The standard InChI is InChI=1S/C13H9F3N4O3/c1-7-5-17-9(22-7)6-20-3-2-8(4-10(20)21)11-18-12(23-19-11)13(14,15)16/h2-5H,6H2,1H3. The summed E-state index contributed by atoms with van der Waals surface area (Å²) >= 11 is 0. The average molecular weight is 326 g/mol. The lowest BCUT2D eigenvalue weighted by Gasteiger charge is -2.02. The molecule has 10 heteroatoms. The van der Waals surface area contributed by atoms with Gasteiger partial charge in [0.2, 0.25) is 11.7 Å². The molecule has 0 amide bonds. The summed E-state index contributed by atoms with van der Waals surface area (Å²) in [5.41, 5.74) is -0.342. The highest BCUT2D eigenvalue weighted by molar-refractivity contribution is 5.52. The molecule has 0 aliphatic carbocycles. The van der Waals surface area contributed by atoms with Gasteiger partial charge >= 0.3 is 12.1 Å². The van der Waals surface area contributed by atoms with Crippen LogP contribution in [0.1, 0.15) is 17.5 Å². The second kappa shape index (κ2) is 5.38. The molecule has 7 nitrogen and oxygen atoms in total. The van der Waals surface area contributed by atoms with Crippen LogP contribution in [0.5, 0.6) is 0 Å². The number of nitrogens with zero attached hydrogens (tertiary/aromatic N) is 4. The van der Waals surface area contributed by atoms with Crippen molar-refractivity contribution in [3.8, 4) is 11.4 Å². The van der Waals surface area contributed by atoms with Crippen molar-refractivity contribution in [2.45, 2.75) is 19.6 Å². The Bertz CT molecular complexity index is 894. The predicted molar refractivity (Wildman–Crippen MR) is 69.3 cm³/mol. The van der Waals surface area contributed by atoms with E-state index in [2.05, 4.69) is 19.6 Å². The lowest BCUT2D eigenvalue weighted by Crippen LogP contribution is -2.19. The number of aromatic nitrogens is 4. The molecule has 0 unspecified atom stereocenters. The number of alkyl halides is 3. The van der Waals surface area contributed by atoms with E-state index in [1.54, 1.807) is 6.92 Å². The monoisotopic (exact) mass is 326 g/mol. The van der Waals surface area contributed by atoms with Crippen molar-refractivity contribution < 1.29 is 22.1 Å². The molecule has 0 N–H and O–H groups in total. The number of hydrogen-bond donors (Lipinski definition) is 0. The molecule has 3 aromatic rings. The van der Waals surface area contributed by atoms with Crippen LogP contribution in [0, 0.1) is 6.92 Å². The van der Waals surface area contributed by atoms with E-state index in [4.69, 9.17) is 4.42 Å². The Kier molecular flexibility index (Phi) is 3.51. The molecule has 3 heterocycles. The van der Waals surface area contributed by atoms with E-state index in [1.165, 1.54) is 23.0 Å². The molecule has 0 aromatic carbocycles. The third kappa shape index (κ3) is 3.15. The Hall–Kier alpha value is -2.91. The molecule has 23 heavy (non-hydrogen) atoms. The van der Waals surface area contributed by atoms with Crippen LogP contribution in [0.3, 0.4) is 0 Å². The average Bonchev–Trinajstić information content (AvgIpc) is 3.10. The van der Waals surface area contributed by atoms with Gasteiger partial charge in [0.15, 0.2) is 0 Å². The third-order valence-corrected chi connectivity index (χ3v) is 2.90. The van der Waals surface area contributed by atoms with Gasteiger partial charge in [-0.3, -0.25) is 4.79 Å². The molecule has 3 rings (SSSR count). The van der Waals surface area contributed by atoms with Gasteiger partial charge < -0.3 is 13.5 Å². The van der Waals surface area contributed by atoms with Gasteiger partial charge in [-0.15, -0.1) is 0 Å². The first kappa shape index (κ1) is 15.0. The van der Waals surface area contributed by atoms with Crippen molar-refractivity contribution in [2.24, 2.45) is 0 Å². The number of halogens is 3. The number of aryl methyl sites for hydroxylation is 1. The summed E-state index contributed by atoms with van der Waals surface area (Å²) in [6.07, 6.45) is -1.82. The molecule has 0 saturated heterocycles. The highest BCUT2D eigenvalue weighted by Gasteiger charge is 2.38. The number of pyridine rings is 1. The Morgan fingerprint density at radius 3 is 2.70 bits per heavy atom. The molecule has 0 fully saturated rings. The van der Waals surface area contributed by atoms with E-state index in [9.17, 15) is 18.0 Å². The van der Waals surface area contributed by atoms with Crippen LogP contribution < -0.4 is 5.56 Å². The predicted octanol–water partition coefficient (Wildman–Crippen LogP) is 2.26. The summed E-state index contributed by atoms with van der Waals surface area (Å²) in [6, 6.07) is 2.52. The Morgan fingerprint density at radius 2 is 2.13 bits per heavy atom. The maximum atomic E-state index is 12.4. The third-order valence-electron chi connectivity index (χ3n) is 2.90. The summed E-state index contributed by atoms with van der Waals surface area (Å²) in [4.78, 5) is 19.2. The van der Waals surface area contributed by atoms with Gasteiger partial charge in [-0.1, -0.05) is 5.16 Å². The Labute approximate surface area is 126 Å². The first-order valence-electron chi connectivity index (χ1n) is 6.36. The van der Waals surface area contributed by atoms with E-state index < -0.39 is 17.6 Å². The fraction of sp³-hybridized carbons (Fsp3) is 0.231. The van der Waals surface area contributed by atoms with Gasteiger partial charge in [-0.05, 0) is 13.0 Å². The summed E-state index contributed by atoms with van der Waals surface area (Å²) < 4.78 is 48.0. The van der Waals surface area contributed by atoms with Crippen LogP contribution in [-0.2, 0) is 12.7 Å².